The van der Waals surface area contributed by atoms with Crippen LogP contribution in [0.2, 0.25) is 0 Å². The number of carbonyl (C=O) groups excluding carboxylic acids is 1. The zero-order chi connectivity index (χ0) is 12.8. The fourth-order valence-corrected chi connectivity index (χ4v) is 2.15. The molecule has 1 aliphatic carbocycles. The van der Waals surface area contributed by atoms with Crippen molar-refractivity contribution in [2.75, 3.05) is 27.2 Å². The quantitative estimate of drug-likeness (QED) is 0.651. The topological polar surface area (TPSA) is 41.6 Å². The first-order valence-corrected chi connectivity index (χ1v) is 6.57. The lowest BCUT2D eigenvalue weighted by molar-refractivity contribution is -0.143. The summed E-state index contributed by atoms with van der Waals surface area (Å²) in [7, 11) is 3.25. The van der Waals surface area contributed by atoms with Crippen molar-refractivity contribution in [3.05, 3.63) is 0 Å². The second-order valence-electron chi connectivity index (χ2n) is 5.27. The Balaban J connectivity index is 2.36. The third kappa shape index (κ3) is 5.04. The molecule has 0 aromatic carbocycles. The molecule has 1 rings (SSSR count). The number of hydrogen-bond donors (Lipinski definition) is 1. The van der Waals surface area contributed by atoms with Crippen LogP contribution in [0.3, 0.4) is 0 Å². The molecule has 17 heavy (non-hydrogen) atoms. The summed E-state index contributed by atoms with van der Waals surface area (Å²) >= 11 is 0. The average Bonchev–Trinajstić information content (AvgIpc) is 3.11. The highest BCUT2D eigenvalue weighted by atomic mass is 16.5. The zero-order valence-electron chi connectivity index (χ0n) is 11.5. The van der Waals surface area contributed by atoms with Gasteiger partial charge in [-0.25, -0.2) is 0 Å². The minimum atomic E-state index is -0.173. The van der Waals surface area contributed by atoms with E-state index in [-0.39, 0.29) is 12.0 Å². The van der Waals surface area contributed by atoms with Crippen molar-refractivity contribution in [3.63, 3.8) is 0 Å². The molecule has 1 atom stereocenters. The molecular weight excluding hydrogens is 216 g/mol. The van der Waals surface area contributed by atoms with Crippen LogP contribution in [0, 0.1) is 5.92 Å². The molecule has 1 saturated carbocycles. The largest absolute Gasteiger partial charge is 0.468 e. The number of methoxy groups -OCH3 is 1. The molecule has 0 aromatic heterocycles. The van der Waals surface area contributed by atoms with E-state index in [0.29, 0.717) is 5.92 Å². The Morgan fingerprint density at radius 2 is 2.12 bits per heavy atom. The van der Waals surface area contributed by atoms with Gasteiger partial charge in [0, 0.05) is 19.1 Å². The van der Waals surface area contributed by atoms with E-state index in [4.69, 9.17) is 4.74 Å². The number of esters is 1. The highest BCUT2D eigenvalue weighted by Crippen LogP contribution is 2.27. The van der Waals surface area contributed by atoms with Gasteiger partial charge in [-0.3, -0.25) is 4.79 Å². The number of likely N-dealkylation sites (N-methyl/N-ethyl adjacent to an activating group) is 1. The monoisotopic (exact) mass is 242 g/mol. The summed E-state index contributed by atoms with van der Waals surface area (Å²) in [5.41, 5.74) is 0. The minimum absolute atomic E-state index is 0.159. The van der Waals surface area contributed by atoms with Gasteiger partial charge in [0.05, 0.1) is 7.11 Å². The summed E-state index contributed by atoms with van der Waals surface area (Å²) in [6.07, 6.45) is 3.46. The second-order valence-corrected chi connectivity index (χ2v) is 5.27. The van der Waals surface area contributed by atoms with Gasteiger partial charge in [0.25, 0.3) is 0 Å². The van der Waals surface area contributed by atoms with Crippen LogP contribution in [-0.2, 0) is 9.53 Å². The highest BCUT2D eigenvalue weighted by molar-refractivity contribution is 5.75. The van der Waals surface area contributed by atoms with E-state index in [1.807, 2.05) is 7.05 Å². The zero-order valence-corrected chi connectivity index (χ0v) is 11.5. The third-order valence-electron chi connectivity index (χ3n) is 3.20. The lowest BCUT2D eigenvalue weighted by Crippen LogP contribution is -2.40. The van der Waals surface area contributed by atoms with E-state index >= 15 is 0 Å². The predicted octanol–water partition coefficient (Wildman–Crippen LogP) is 1.26. The Hall–Kier alpha value is -0.610. The van der Waals surface area contributed by atoms with Gasteiger partial charge < -0.3 is 15.0 Å². The summed E-state index contributed by atoms with van der Waals surface area (Å²) in [4.78, 5) is 14.0. The summed E-state index contributed by atoms with van der Waals surface area (Å²) in [6.45, 7) is 6.59. The fourth-order valence-electron chi connectivity index (χ4n) is 2.15. The summed E-state index contributed by atoms with van der Waals surface area (Å²) in [5.74, 6) is 0.523. The molecule has 1 unspecified atom stereocenters. The Morgan fingerprint density at radius 3 is 2.53 bits per heavy atom. The summed E-state index contributed by atoms with van der Waals surface area (Å²) in [6, 6.07) is 0.584. The molecule has 0 aromatic rings. The average molecular weight is 242 g/mol. The SMILES string of the molecule is CNC(CCN(CC(C)C)C1CC1)C(=O)OC. The number of hydrogen-bond acceptors (Lipinski definition) is 4. The van der Waals surface area contributed by atoms with E-state index in [1.165, 1.54) is 20.0 Å². The van der Waals surface area contributed by atoms with E-state index in [1.54, 1.807) is 0 Å². The molecular formula is C13H26N2O2. The molecule has 0 radical (unpaired) electrons. The van der Waals surface area contributed by atoms with Crippen LogP contribution in [0.25, 0.3) is 0 Å². The molecule has 1 N–H and O–H groups in total. The Bertz CT molecular complexity index is 240. The van der Waals surface area contributed by atoms with Gasteiger partial charge in [0.1, 0.15) is 6.04 Å². The van der Waals surface area contributed by atoms with E-state index < -0.39 is 0 Å². The van der Waals surface area contributed by atoms with Crippen LogP contribution < -0.4 is 5.32 Å². The van der Waals surface area contributed by atoms with Crippen LogP contribution in [0.1, 0.15) is 33.1 Å². The van der Waals surface area contributed by atoms with Crippen LogP contribution in [0.15, 0.2) is 0 Å². The summed E-state index contributed by atoms with van der Waals surface area (Å²) < 4.78 is 4.77. The molecule has 1 fully saturated rings. The Labute approximate surface area is 105 Å². The van der Waals surface area contributed by atoms with Gasteiger partial charge in [-0.1, -0.05) is 13.8 Å². The molecule has 0 aliphatic heterocycles. The molecule has 4 nitrogen and oxygen atoms in total. The number of carbonyl (C=O) groups is 1. The minimum Gasteiger partial charge on any atom is -0.468 e. The maximum atomic E-state index is 11.5. The molecule has 1 aliphatic rings. The molecule has 0 amide bonds. The maximum absolute atomic E-state index is 11.5. The lowest BCUT2D eigenvalue weighted by atomic mass is 10.1. The fraction of sp³-hybridized carbons (Fsp3) is 0.923. The van der Waals surface area contributed by atoms with Crippen molar-refractivity contribution in [2.24, 2.45) is 5.92 Å². The Morgan fingerprint density at radius 1 is 1.47 bits per heavy atom. The molecule has 0 saturated heterocycles. The molecule has 4 heteroatoms. The first-order chi connectivity index (χ1) is 8.08. The van der Waals surface area contributed by atoms with Gasteiger partial charge in [0.2, 0.25) is 0 Å². The number of nitrogens with zero attached hydrogens (tertiary/aromatic N) is 1. The van der Waals surface area contributed by atoms with Gasteiger partial charge in [-0.05, 0) is 32.2 Å². The first-order valence-electron chi connectivity index (χ1n) is 6.57. The Kier molecular flexibility index (Phi) is 5.92. The van der Waals surface area contributed by atoms with Crippen LogP contribution in [0.5, 0.6) is 0 Å². The van der Waals surface area contributed by atoms with E-state index in [9.17, 15) is 4.79 Å². The molecule has 0 bridgehead atoms. The second kappa shape index (κ2) is 6.97. The first kappa shape index (κ1) is 14.5. The van der Waals surface area contributed by atoms with E-state index in [0.717, 1.165) is 25.6 Å². The van der Waals surface area contributed by atoms with Crippen molar-refractivity contribution < 1.29 is 9.53 Å². The van der Waals surface area contributed by atoms with Gasteiger partial charge >= 0.3 is 5.97 Å². The number of rotatable bonds is 8. The van der Waals surface area contributed by atoms with Crippen molar-refractivity contribution in [3.8, 4) is 0 Å². The van der Waals surface area contributed by atoms with Gasteiger partial charge in [0.15, 0.2) is 0 Å². The number of ether oxygens (including phenoxy) is 1. The van der Waals surface area contributed by atoms with Crippen LogP contribution in [0.4, 0.5) is 0 Å². The lowest BCUT2D eigenvalue weighted by Gasteiger charge is -2.25. The maximum Gasteiger partial charge on any atom is 0.322 e. The molecule has 0 spiro atoms. The van der Waals surface area contributed by atoms with Crippen molar-refractivity contribution in [1.82, 2.24) is 10.2 Å². The third-order valence-corrected chi connectivity index (χ3v) is 3.20. The van der Waals surface area contributed by atoms with Crippen molar-refractivity contribution >= 4 is 5.97 Å². The standard InChI is InChI=1S/C13H26N2O2/c1-10(2)9-15(11-5-6-11)8-7-12(14-3)13(16)17-4/h10-12,14H,5-9H2,1-4H3. The van der Waals surface area contributed by atoms with Crippen molar-refractivity contribution in [1.29, 1.82) is 0 Å². The smallest absolute Gasteiger partial charge is 0.322 e. The van der Waals surface area contributed by atoms with Crippen LogP contribution in [-0.4, -0.2) is 50.2 Å². The van der Waals surface area contributed by atoms with Crippen LogP contribution >= 0.6 is 0 Å². The van der Waals surface area contributed by atoms with E-state index in [2.05, 4.69) is 24.1 Å². The number of nitrogens with one attached hydrogen (secondary N) is 1. The predicted molar refractivity (Wildman–Crippen MR) is 68.9 cm³/mol. The highest BCUT2D eigenvalue weighted by Gasteiger charge is 2.30. The molecule has 100 valence electrons. The van der Waals surface area contributed by atoms with Gasteiger partial charge in [-0.2, -0.15) is 0 Å². The summed E-state index contributed by atoms with van der Waals surface area (Å²) in [5, 5.41) is 3.02. The van der Waals surface area contributed by atoms with Crippen molar-refractivity contribution in [2.45, 2.75) is 45.2 Å². The van der Waals surface area contributed by atoms with Gasteiger partial charge in [-0.15, -0.1) is 0 Å². The normalized spacial score (nSPS) is 17.5. The molecule has 0 heterocycles.